The van der Waals surface area contributed by atoms with Gasteiger partial charge in [-0.3, -0.25) is 9.59 Å². The van der Waals surface area contributed by atoms with Gasteiger partial charge in [0, 0.05) is 30.8 Å². The number of nitrogens with one attached hydrogen (secondary N) is 3. The van der Waals surface area contributed by atoms with Crippen molar-refractivity contribution < 1.29 is 22.7 Å². The summed E-state index contributed by atoms with van der Waals surface area (Å²) in [7, 11) is -2.03. The topological polar surface area (TPSA) is 114 Å². The molecule has 2 rings (SSSR count). The van der Waals surface area contributed by atoms with Crippen LogP contribution in [-0.4, -0.2) is 40.4 Å². The van der Waals surface area contributed by atoms with Gasteiger partial charge >= 0.3 is 0 Å². The highest BCUT2D eigenvalue weighted by molar-refractivity contribution is 7.89. The smallest absolute Gasteiger partial charge is 0.251 e. The first-order valence-corrected chi connectivity index (χ1v) is 11.2. The Kier molecular flexibility index (Phi) is 8.82. The summed E-state index contributed by atoms with van der Waals surface area (Å²) in [4.78, 5) is 24.3. The zero-order valence-electron chi connectivity index (χ0n) is 17.1. The summed E-state index contributed by atoms with van der Waals surface area (Å²) >= 11 is 0. The van der Waals surface area contributed by atoms with Gasteiger partial charge in [-0.2, -0.15) is 0 Å². The average Bonchev–Trinajstić information content (AvgIpc) is 2.74. The lowest BCUT2D eigenvalue weighted by atomic mass is 10.2. The Balaban J connectivity index is 1.81. The van der Waals surface area contributed by atoms with Crippen LogP contribution >= 0.6 is 0 Å². The quantitative estimate of drug-likeness (QED) is 0.471. The number of rotatable bonds is 11. The summed E-state index contributed by atoms with van der Waals surface area (Å²) in [5, 5.41) is 5.36. The zero-order valence-corrected chi connectivity index (χ0v) is 17.9. The van der Waals surface area contributed by atoms with Crippen LogP contribution in [0.5, 0.6) is 5.75 Å². The molecule has 0 bridgehead atoms. The molecule has 3 N–H and O–H groups in total. The lowest BCUT2D eigenvalue weighted by Crippen LogP contribution is -2.27. The predicted octanol–water partition coefficient (Wildman–Crippen LogP) is 2.53. The molecule has 162 valence electrons. The number of amides is 2. The van der Waals surface area contributed by atoms with Gasteiger partial charge in [0.15, 0.2) is 0 Å². The van der Waals surface area contributed by atoms with E-state index in [0.29, 0.717) is 23.5 Å². The molecule has 8 nitrogen and oxygen atoms in total. The summed E-state index contributed by atoms with van der Waals surface area (Å²) in [5.74, 6) is -0.0177. The maximum absolute atomic E-state index is 12.2. The Labute approximate surface area is 177 Å². The van der Waals surface area contributed by atoms with Gasteiger partial charge in [-0.25, -0.2) is 13.1 Å². The fourth-order valence-electron chi connectivity index (χ4n) is 2.56. The Morgan fingerprint density at radius 2 is 1.77 bits per heavy atom. The molecule has 2 amide bonds. The minimum Gasteiger partial charge on any atom is -0.497 e. The minimum absolute atomic E-state index is 0.0777. The van der Waals surface area contributed by atoms with Crippen molar-refractivity contribution in [3.63, 3.8) is 0 Å². The van der Waals surface area contributed by atoms with Crippen molar-refractivity contribution in [2.75, 3.05) is 25.5 Å². The summed E-state index contributed by atoms with van der Waals surface area (Å²) < 4.78 is 31.9. The van der Waals surface area contributed by atoms with Crippen molar-refractivity contribution in [3.8, 4) is 5.75 Å². The highest BCUT2D eigenvalue weighted by atomic mass is 32.2. The molecule has 0 unspecified atom stereocenters. The van der Waals surface area contributed by atoms with Crippen molar-refractivity contribution >= 4 is 27.5 Å². The van der Waals surface area contributed by atoms with Crippen molar-refractivity contribution in [1.29, 1.82) is 0 Å². The van der Waals surface area contributed by atoms with Crippen molar-refractivity contribution in [2.24, 2.45) is 0 Å². The fourth-order valence-corrected chi connectivity index (χ4v) is 3.64. The molecular weight excluding hydrogens is 406 g/mol. The normalized spacial score (nSPS) is 11.0. The number of methoxy groups -OCH3 is 1. The molecule has 0 saturated heterocycles. The molecular formula is C21H27N3O5S. The van der Waals surface area contributed by atoms with Crippen molar-refractivity contribution in [1.82, 2.24) is 10.0 Å². The van der Waals surface area contributed by atoms with Gasteiger partial charge in [-0.05, 0) is 48.9 Å². The molecule has 0 spiro atoms. The largest absolute Gasteiger partial charge is 0.497 e. The maximum Gasteiger partial charge on any atom is 0.251 e. The average molecular weight is 434 g/mol. The van der Waals surface area contributed by atoms with E-state index >= 15 is 0 Å². The lowest BCUT2D eigenvalue weighted by Gasteiger charge is -2.09. The summed E-state index contributed by atoms with van der Waals surface area (Å²) in [6.07, 6.45) is 1.74. The standard InChI is InChI=1S/C21H27N3O5S/c1-3-4-13-23-30(27,28)19-10-8-17(9-11-19)24-20(25)12-14-22-21(26)16-6-5-7-18(15-16)29-2/h5-11,15,23H,3-4,12-14H2,1-2H3,(H,22,26)(H,24,25). The van der Waals surface area contributed by atoms with Crippen LogP contribution in [0.15, 0.2) is 53.4 Å². The Morgan fingerprint density at radius 3 is 2.43 bits per heavy atom. The zero-order chi connectivity index (χ0) is 22.0. The number of carbonyl (C=O) groups is 2. The van der Waals surface area contributed by atoms with Crippen LogP contribution in [0.2, 0.25) is 0 Å². The minimum atomic E-state index is -3.55. The summed E-state index contributed by atoms with van der Waals surface area (Å²) in [6.45, 7) is 2.53. The van der Waals surface area contributed by atoms with E-state index in [1.807, 2.05) is 6.92 Å². The third-order valence-electron chi connectivity index (χ3n) is 4.24. The first kappa shape index (κ1) is 23.4. The molecule has 0 saturated carbocycles. The second-order valence-corrected chi connectivity index (χ2v) is 8.33. The molecule has 0 aromatic heterocycles. The van der Waals surface area contributed by atoms with Crippen molar-refractivity contribution in [2.45, 2.75) is 31.1 Å². The van der Waals surface area contributed by atoms with E-state index in [0.717, 1.165) is 12.8 Å². The van der Waals surface area contributed by atoms with Crippen LogP contribution in [-0.2, 0) is 14.8 Å². The molecule has 9 heteroatoms. The molecule has 2 aromatic carbocycles. The van der Waals surface area contributed by atoms with Crippen LogP contribution < -0.4 is 20.1 Å². The molecule has 2 aromatic rings. The van der Waals surface area contributed by atoms with Gasteiger partial charge in [0.2, 0.25) is 15.9 Å². The van der Waals surface area contributed by atoms with Gasteiger partial charge in [-0.15, -0.1) is 0 Å². The highest BCUT2D eigenvalue weighted by Crippen LogP contribution is 2.15. The molecule has 0 aliphatic carbocycles. The number of unbranched alkanes of at least 4 members (excludes halogenated alkanes) is 1. The van der Waals surface area contributed by atoms with E-state index in [9.17, 15) is 18.0 Å². The summed E-state index contributed by atoms with van der Waals surface area (Å²) in [6, 6.07) is 12.7. The predicted molar refractivity (Wildman–Crippen MR) is 115 cm³/mol. The molecule has 30 heavy (non-hydrogen) atoms. The molecule has 0 radical (unpaired) electrons. The maximum atomic E-state index is 12.2. The van der Waals surface area contributed by atoms with E-state index in [4.69, 9.17) is 4.74 Å². The van der Waals surface area contributed by atoms with Crippen molar-refractivity contribution in [3.05, 3.63) is 54.1 Å². The number of sulfonamides is 1. The van der Waals surface area contributed by atoms with E-state index in [1.165, 1.54) is 31.4 Å². The summed E-state index contributed by atoms with van der Waals surface area (Å²) in [5.41, 5.74) is 0.922. The fraction of sp³-hybridized carbons (Fsp3) is 0.333. The number of anilines is 1. The van der Waals surface area contributed by atoms with Gasteiger partial charge < -0.3 is 15.4 Å². The number of benzene rings is 2. The highest BCUT2D eigenvalue weighted by Gasteiger charge is 2.13. The molecule has 0 aliphatic heterocycles. The monoisotopic (exact) mass is 433 g/mol. The molecule has 0 heterocycles. The van der Waals surface area contributed by atoms with E-state index in [2.05, 4.69) is 15.4 Å². The van der Waals surface area contributed by atoms with Crippen LogP contribution in [0.4, 0.5) is 5.69 Å². The SMILES string of the molecule is CCCCNS(=O)(=O)c1ccc(NC(=O)CCNC(=O)c2cccc(OC)c2)cc1. The molecule has 0 aliphatic rings. The first-order chi connectivity index (χ1) is 14.4. The van der Waals surface area contributed by atoms with E-state index in [-0.39, 0.29) is 29.7 Å². The third-order valence-corrected chi connectivity index (χ3v) is 5.72. The second-order valence-electron chi connectivity index (χ2n) is 6.56. The van der Waals surface area contributed by atoms with E-state index < -0.39 is 10.0 Å². The third kappa shape index (κ3) is 7.16. The van der Waals surface area contributed by atoms with Crippen LogP contribution in [0.25, 0.3) is 0 Å². The number of carbonyl (C=O) groups excluding carboxylic acids is 2. The van der Waals surface area contributed by atoms with Gasteiger partial charge in [0.05, 0.1) is 12.0 Å². The Morgan fingerprint density at radius 1 is 1.03 bits per heavy atom. The lowest BCUT2D eigenvalue weighted by molar-refractivity contribution is -0.116. The number of hydrogen-bond donors (Lipinski definition) is 3. The van der Waals surface area contributed by atoms with Gasteiger partial charge in [-0.1, -0.05) is 19.4 Å². The number of ether oxygens (including phenoxy) is 1. The second kappa shape index (κ2) is 11.3. The number of hydrogen-bond acceptors (Lipinski definition) is 5. The van der Waals surface area contributed by atoms with Gasteiger partial charge in [0.25, 0.3) is 5.91 Å². The molecule has 0 fully saturated rings. The van der Waals surface area contributed by atoms with Crippen LogP contribution in [0.3, 0.4) is 0 Å². The van der Waals surface area contributed by atoms with E-state index in [1.54, 1.807) is 24.3 Å². The Hall–Kier alpha value is -2.91. The van der Waals surface area contributed by atoms with Gasteiger partial charge in [0.1, 0.15) is 5.75 Å². The van der Waals surface area contributed by atoms with Crippen LogP contribution in [0, 0.1) is 0 Å². The molecule has 0 atom stereocenters. The Bertz CT molecular complexity index is 959. The van der Waals surface area contributed by atoms with Crippen LogP contribution in [0.1, 0.15) is 36.5 Å². The first-order valence-electron chi connectivity index (χ1n) is 9.67.